The summed E-state index contributed by atoms with van der Waals surface area (Å²) in [6.45, 7) is 2.83. The second kappa shape index (κ2) is 5.89. The van der Waals surface area contributed by atoms with Crippen LogP contribution in [0.1, 0.15) is 30.9 Å². The first-order chi connectivity index (χ1) is 9.56. The molecule has 0 atom stereocenters. The number of carbonyl (C=O) groups excluding carboxylic acids is 1. The number of benzene rings is 1. The first-order valence-corrected chi connectivity index (χ1v) is 6.76. The lowest BCUT2D eigenvalue weighted by Crippen LogP contribution is -2.63. The Morgan fingerprint density at radius 1 is 1.55 bits per heavy atom. The van der Waals surface area contributed by atoms with Crippen LogP contribution in [-0.4, -0.2) is 34.6 Å². The van der Waals surface area contributed by atoms with Crippen molar-refractivity contribution in [3.8, 4) is 6.07 Å². The average molecular weight is 270 g/mol. The number of nitrogens with zero attached hydrogens (tertiary/aromatic N) is 2. The highest BCUT2D eigenvalue weighted by Gasteiger charge is 2.41. The molecule has 0 radical (unpaired) electrons. The van der Waals surface area contributed by atoms with E-state index in [9.17, 15) is 9.90 Å². The Labute approximate surface area is 118 Å². The van der Waals surface area contributed by atoms with Crippen LogP contribution in [0.3, 0.4) is 0 Å². The minimum absolute atomic E-state index is 0.104. The molecule has 1 heterocycles. The van der Waals surface area contributed by atoms with Gasteiger partial charge in [0.05, 0.1) is 30.3 Å². The fraction of sp³-hybridized carbons (Fsp3) is 0.375. The van der Waals surface area contributed by atoms with Gasteiger partial charge in [-0.05, 0) is 30.2 Å². The van der Waals surface area contributed by atoms with Crippen LogP contribution in [0.15, 0.2) is 30.3 Å². The van der Waals surface area contributed by atoms with Crippen LogP contribution in [-0.2, 0) is 4.79 Å². The SMILES string of the molecule is CCCC1(O)CN(C(=O)C=Cc2cccc(C#N)c2)C1. The monoisotopic (exact) mass is 270 g/mol. The van der Waals surface area contributed by atoms with Gasteiger partial charge >= 0.3 is 0 Å². The number of aliphatic hydroxyl groups is 1. The van der Waals surface area contributed by atoms with E-state index in [1.54, 1.807) is 29.2 Å². The lowest BCUT2D eigenvalue weighted by molar-refractivity contribution is -0.151. The number of likely N-dealkylation sites (tertiary alicyclic amines) is 1. The van der Waals surface area contributed by atoms with Gasteiger partial charge in [0.1, 0.15) is 0 Å². The normalized spacial score (nSPS) is 16.8. The van der Waals surface area contributed by atoms with Crippen LogP contribution >= 0.6 is 0 Å². The molecule has 1 fully saturated rings. The molecular formula is C16H18N2O2. The van der Waals surface area contributed by atoms with Crippen molar-refractivity contribution >= 4 is 12.0 Å². The quantitative estimate of drug-likeness (QED) is 0.850. The van der Waals surface area contributed by atoms with E-state index in [-0.39, 0.29) is 5.91 Å². The molecule has 104 valence electrons. The lowest BCUT2D eigenvalue weighted by atomic mass is 9.89. The Bertz CT molecular complexity index is 566. The van der Waals surface area contributed by atoms with E-state index in [0.29, 0.717) is 18.7 Å². The summed E-state index contributed by atoms with van der Waals surface area (Å²) in [7, 11) is 0. The fourth-order valence-electron chi connectivity index (χ4n) is 2.43. The summed E-state index contributed by atoms with van der Waals surface area (Å²) in [6.07, 6.45) is 4.82. The van der Waals surface area contributed by atoms with Crippen LogP contribution in [0.25, 0.3) is 6.08 Å². The summed E-state index contributed by atoms with van der Waals surface area (Å²) in [5, 5.41) is 18.8. The molecule has 1 aromatic carbocycles. The van der Waals surface area contributed by atoms with Gasteiger partial charge in [-0.15, -0.1) is 0 Å². The van der Waals surface area contributed by atoms with Crippen molar-refractivity contribution in [3.05, 3.63) is 41.5 Å². The maximum Gasteiger partial charge on any atom is 0.246 e. The standard InChI is InChI=1S/C16H18N2O2/c1-2-8-16(20)11-18(12-16)15(19)7-6-13-4-3-5-14(9-13)10-17/h3-7,9,20H,2,8,11-12H2,1H3. The average Bonchev–Trinajstić information content (AvgIpc) is 2.42. The molecule has 0 bridgehead atoms. The highest BCUT2D eigenvalue weighted by Crippen LogP contribution is 2.25. The van der Waals surface area contributed by atoms with Crippen molar-refractivity contribution in [2.75, 3.05) is 13.1 Å². The van der Waals surface area contributed by atoms with Crippen LogP contribution in [0.5, 0.6) is 0 Å². The zero-order valence-corrected chi connectivity index (χ0v) is 11.5. The van der Waals surface area contributed by atoms with E-state index >= 15 is 0 Å². The van der Waals surface area contributed by atoms with Gasteiger partial charge in [0.2, 0.25) is 5.91 Å². The molecule has 2 rings (SSSR count). The minimum atomic E-state index is -0.695. The predicted octanol–water partition coefficient (Wildman–Crippen LogP) is 1.94. The van der Waals surface area contributed by atoms with E-state index < -0.39 is 5.60 Å². The third kappa shape index (κ3) is 3.25. The van der Waals surface area contributed by atoms with E-state index in [1.807, 2.05) is 13.0 Å². The maximum absolute atomic E-state index is 11.9. The summed E-state index contributed by atoms with van der Waals surface area (Å²) in [5.74, 6) is -0.104. The van der Waals surface area contributed by atoms with Crippen molar-refractivity contribution in [3.63, 3.8) is 0 Å². The zero-order chi connectivity index (χ0) is 14.6. The minimum Gasteiger partial charge on any atom is -0.386 e. The highest BCUT2D eigenvalue weighted by atomic mass is 16.3. The number of rotatable bonds is 4. The Kier molecular flexibility index (Phi) is 4.21. The van der Waals surface area contributed by atoms with Crippen LogP contribution in [0, 0.1) is 11.3 Å². The number of amides is 1. The van der Waals surface area contributed by atoms with Crippen molar-refractivity contribution in [1.29, 1.82) is 5.26 Å². The maximum atomic E-state index is 11.9. The smallest absolute Gasteiger partial charge is 0.246 e. The molecule has 1 aliphatic heterocycles. The Morgan fingerprint density at radius 2 is 2.30 bits per heavy atom. The number of carbonyl (C=O) groups is 1. The molecule has 1 aliphatic rings. The van der Waals surface area contributed by atoms with Gasteiger partial charge in [-0.3, -0.25) is 4.79 Å². The molecule has 0 aliphatic carbocycles. The number of hydrogen-bond donors (Lipinski definition) is 1. The Hall–Kier alpha value is -2.12. The summed E-state index contributed by atoms with van der Waals surface area (Å²) in [5.41, 5.74) is 0.696. The molecule has 20 heavy (non-hydrogen) atoms. The largest absolute Gasteiger partial charge is 0.386 e. The molecule has 0 unspecified atom stereocenters. The summed E-state index contributed by atoms with van der Waals surface area (Å²) >= 11 is 0. The topological polar surface area (TPSA) is 64.3 Å². The third-order valence-corrected chi connectivity index (χ3v) is 3.43. The van der Waals surface area contributed by atoms with Crippen molar-refractivity contribution in [1.82, 2.24) is 4.90 Å². The van der Waals surface area contributed by atoms with E-state index in [0.717, 1.165) is 18.4 Å². The van der Waals surface area contributed by atoms with Crippen molar-refractivity contribution in [2.24, 2.45) is 0 Å². The second-order valence-electron chi connectivity index (χ2n) is 5.24. The van der Waals surface area contributed by atoms with Gasteiger partial charge in [0.25, 0.3) is 0 Å². The lowest BCUT2D eigenvalue weighted by Gasteiger charge is -2.46. The number of hydrogen-bond acceptors (Lipinski definition) is 3. The molecule has 1 N–H and O–H groups in total. The number of nitriles is 1. The van der Waals surface area contributed by atoms with Gasteiger partial charge in [0.15, 0.2) is 0 Å². The van der Waals surface area contributed by atoms with E-state index in [4.69, 9.17) is 5.26 Å². The molecule has 4 nitrogen and oxygen atoms in total. The highest BCUT2D eigenvalue weighted by molar-refractivity contribution is 5.92. The molecule has 1 amide bonds. The van der Waals surface area contributed by atoms with E-state index in [1.165, 1.54) is 6.08 Å². The van der Waals surface area contributed by atoms with Gasteiger partial charge in [-0.2, -0.15) is 5.26 Å². The fourth-order valence-corrected chi connectivity index (χ4v) is 2.43. The summed E-state index contributed by atoms with van der Waals surface area (Å²) in [4.78, 5) is 13.5. The van der Waals surface area contributed by atoms with Gasteiger partial charge in [0, 0.05) is 6.08 Å². The predicted molar refractivity (Wildman–Crippen MR) is 76.6 cm³/mol. The molecule has 0 spiro atoms. The van der Waals surface area contributed by atoms with Crippen LogP contribution in [0.2, 0.25) is 0 Å². The summed E-state index contributed by atoms with van der Waals surface area (Å²) < 4.78 is 0. The summed E-state index contributed by atoms with van der Waals surface area (Å²) in [6, 6.07) is 9.14. The van der Waals surface area contributed by atoms with Gasteiger partial charge in [-0.25, -0.2) is 0 Å². The Morgan fingerprint density at radius 3 is 2.95 bits per heavy atom. The van der Waals surface area contributed by atoms with Crippen LogP contribution in [0.4, 0.5) is 0 Å². The molecular weight excluding hydrogens is 252 g/mol. The van der Waals surface area contributed by atoms with Crippen LogP contribution < -0.4 is 0 Å². The first kappa shape index (κ1) is 14.3. The zero-order valence-electron chi connectivity index (χ0n) is 11.5. The molecule has 0 saturated carbocycles. The second-order valence-corrected chi connectivity index (χ2v) is 5.24. The van der Waals surface area contributed by atoms with Crippen molar-refractivity contribution < 1.29 is 9.90 Å². The molecule has 1 aromatic rings. The molecule has 0 aromatic heterocycles. The molecule has 4 heteroatoms. The third-order valence-electron chi connectivity index (χ3n) is 3.43. The Balaban J connectivity index is 1.93. The van der Waals surface area contributed by atoms with Gasteiger partial charge in [-0.1, -0.05) is 25.5 Å². The van der Waals surface area contributed by atoms with Crippen molar-refractivity contribution in [2.45, 2.75) is 25.4 Å². The first-order valence-electron chi connectivity index (χ1n) is 6.76. The van der Waals surface area contributed by atoms with Gasteiger partial charge < -0.3 is 10.0 Å². The molecule has 1 saturated heterocycles. The van der Waals surface area contributed by atoms with E-state index in [2.05, 4.69) is 6.07 Å². The number of β-amino-alcohol motifs (C(OH)–C–C–N with tert-alkyl or cyclic N) is 1.